The van der Waals surface area contributed by atoms with E-state index in [9.17, 15) is 4.79 Å². The Kier molecular flexibility index (Phi) is 3.39. The van der Waals surface area contributed by atoms with Crippen LogP contribution in [0, 0.1) is 11.3 Å². The highest BCUT2D eigenvalue weighted by molar-refractivity contribution is 5.42. The van der Waals surface area contributed by atoms with Gasteiger partial charge >= 0.3 is 5.69 Å². The molecule has 0 radical (unpaired) electrons. The van der Waals surface area contributed by atoms with Crippen LogP contribution in [0.5, 0.6) is 5.75 Å². The van der Waals surface area contributed by atoms with Crippen LogP contribution >= 0.6 is 0 Å². The molecule has 2 aromatic rings. The topological polar surface area (TPSA) is 67.9 Å². The van der Waals surface area contributed by atoms with Gasteiger partial charge in [-0.2, -0.15) is 5.26 Å². The van der Waals surface area contributed by atoms with Crippen LogP contribution in [0.2, 0.25) is 0 Å². The van der Waals surface area contributed by atoms with E-state index in [0.717, 1.165) is 5.56 Å². The molecule has 0 unspecified atom stereocenters. The Labute approximate surface area is 104 Å². The predicted octanol–water partition coefficient (Wildman–Crippen LogP) is 1.17. The lowest BCUT2D eigenvalue weighted by atomic mass is 10.1. The standard InChI is InChI=1S/C13H11N3O2/c1-18-12-4-3-10(8-14)7-11(12)9-16-6-2-5-15-13(16)17/h2-7H,9H2,1H3. The summed E-state index contributed by atoms with van der Waals surface area (Å²) in [7, 11) is 1.55. The SMILES string of the molecule is COc1ccc(C#N)cc1Cn1cccnc1=O. The molecule has 0 bridgehead atoms. The molecule has 5 nitrogen and oxygen atoms in total. The summed E-state index contributed by atoms with van der Waals surface area (Å²) >= 11 is 0. The summed E-state index contributed by atoms with van der Waals surface area (Å²) in [6.45, 7) is 0.325. The average molecular weight is 241 g/mol. The third kappa shape index (κ3) is 2.38. The number of rotatable bonds is 3. The zero-order chi connectivity index (χ0) is 13.0. The first-order chi connectivity index (χ1) is 8.74. The van der Waals surface area contributed by atoms with Crippen LogP contribution in [-0.2, 0) is 6.54 Å². The highest BCUT2D eigenvalue weighted by Crippen LogP contribution is 2.20. The van der Waals surface area contributed by atoms with Crippen LogP contribution < -0.4 is 10.4 Å². The number of ether oxygens (including phenoxy) is 1. The maximum Gasteiger partial charge on any atom is 0.347 e. The smallest absolute Gasteiger partial charge is 0.347 e. The monoisotopic (exact) mass is 241 g/mol. The van der Waals surface area contributed by atoms with Gasteiger partial charge in [0.2, 0.25) is 0 Å². The molecule has 0 fully saturated rings. The molecular formula is C13H11N3O2. The Morgan fingerprint density at radius 1 is 1.50 bits per heavy atom. The third-order valence-corrected chi connectivity index (χ3v) is 2.53. The van der Waals surface area contributed by atoms with Gasteiger partial charge < -0.3 is 4.74 Å². The molecule has 0 N–H and O–H groups in total. The van der Waals surface area contributed by atoms with E-state index in [0.29, 0.717) is 17.9 Å². The van der Waals surface area contributed by atoms with Gasteiger partial charge in [0.15, 0.2) is 0 Å². The highest BCUT2D eigenvalue weighted by atomic mass is 16.5. The van der Waals surface area contributed by atoms with E-state index in [1.807, 2.05) is 0 Å². The second kappa shape index (κ2) is 5.15. The molecule has 0 atom stereocenters. The van der Waals surface area contributed by atoms with Crippen LogP contribution in [0.4, 0.5) is 0 Å². The Bertz CT molecular complexity index is 656. The van der Waals surface area contributed by atoms with E-state index < -0.39 is 0 Å². The van der Waals surface area contributed by atoms with Gasteiger partial charge in [-0.15, -0.1) is 0 Å². The van der Waals surface area contributed by atoms with Crippen molar-refractivity contribution >= 4 is 0 Å². The maximum atomic E-state index is 11.5. The minimum absolute atomic E-state index is 0.325. The molecule has 5 heteroatoms. The van der Waals surface area contributed by atoms with Gasteiger partial charge in [0.1, 0.15) is 5.75 Å². The lowest BCUT2D eigenvalue weighted by molar-refractivity contribution is 0.408. The van der Waals surface area contributed by atoms with Crippen LogP contribution in [0.1, 0.15) is 11.1 Å². The zero-order valence-electron chi connectivity index (χ0n) is 9.83. The molecule has 1 heterocycles. The average Bonchev–Trinajstić information content (AvgIpc) is 2.41. The fourth-order valence-electron chi connectivity index (χ4n) is 1.66. The van der Waals surface area contributed by atoms with E-state index in [-0.39, 0.29) is 5.69 Å². The first-order valence-corrected chi connectivity index (χ1v) is 5.33. The molecule has 0 saturated carbocycles. The normalized spacial score (nSPS) is 9.78. The van der Waals surface area contributed by atoms with Crippen LogP contribution in [0.15, 0.2) is 41.5 Å². The predicted molar refractivity (Wildman–Crippen MR) is 65.3 cm³/mol. The van der Waals surface area contributed by atoms with Crippen molar-refractivity contribution in [2.75, 3.05) is 7.11 Å². The minimum Gasteiger partial charge on any atom is -0.496 e. The first-order valence-electron chi connectivity index (χ1n) is 5.33. The molecule has 0 amide bonds. The summed E-state index contributed by atoms with van der Waals surface area (Å²) in [5.41, 5.74) is 0.969. The molecule has 0 saturated heterocycles. The Hall–Kier alpha value is -2.61. The van der Waals surface area contributed by atoms with Gasteiger partial charge in [-0.1, -0.05) is 0 Å². The van der Waals surface area contributed by atoms with Crippen molar-refractivity contribution in [1.29, 1.82) is 5.26 Å². The Morgan fingerprint density at radius 2 is 2.33 bits per heavy atom. The number of benzene rings is 1. The Morgan fingerprint density at radius 3 is 3.00 bits per heavy atom. The van der Waals surface area contributed by atoms with Crippen molar-refractivity contribution in [3.63, 3.8) is 0 Å². The van der Waals surface area contributed by atoms with Gasteiger partial charge in [0.25, 0.3) is 0 Å². The second-order valence-corrected chi connectivity index (χ2v) is 3.67. The summed E-state index contributed by atoms with van der Waals surface area (Å²) in [5, 5.41) is 8.87. The van der Waals surface area contributed by atoms with Gasteiger partial charge in [0.05, 0.1) is 25.3 Å². The molecule has 0 spiro atoms. The van der Waals surface area contributed by atoms with Crippen LogP contribution in [-0.4, -0.2) is 16.7 Å². The molecule has 2 rings (SSSR count). The minimum atomic E-state index is -0.332. The van der Waals surface area contributed by atoms with Gasteiger partial charge in [0, 0.05) is 18.0 Å². The number of hydrogen-bond donors (Lipinski definition) is 0. The van der Waals surface area contributed by atoms with Crippen molar-refractivity contribution in [2.24, 2.45) is 0 Å². The quantitative estimate of drug-likeness (QED) is 0.809. The lowest BCUT2D eigenvalue weighted by Crippen LogP contribution is -2.22. The summed E-state index contributed by atoms with van der Waals surface area (Å²) in [5.74, 6) is 0.643. The van der Waals surface area contributed by atoms with E-state index in [1.165, 1.54) is 10.8 Å². The van der Waals surface area contributed by atoms with Crippen molar-refractivity contribution in [2.45, 2.75) is 6.54 Å². The van der Waals surface area contributed by atoms with E-state index in [4.69, 9.17) is 10.00 Å². The highest BCUT2D eigenvalue weighted by Gasteiger charge is 2.06. The largest absolute Gasteiger partial charge is 0.496 e. The number of nitrogens with zero attached hydrogens (tertiary/aromatic N) is 3. The van der Waals surface area contributed by atoms with E-state index >= 15 is 0 Å². The summed E-state index contributed by atoms with van der Waals surface area (Å²) in [6.07, 6.45) is 3.09. The number of hydrogen-bond acceptors (Lipinski definition) is 4. The molecule has 0 aliphatic heterocycles. The molecule has 90 valence electrons. The van der Waals surface area contributed by atoms with E-state index in [2.05, 4.69) is 11.1 Å². The second-order valence-electron chi connectivity index (χ2n) is 3.67. The fourth-order valence-corrected chi connectivity index (χ4v) is 1.66. The van der Waals surface area contributed by atoms with Crippen molar-refractivity contribution in [3.05, 3.63) is 58.3 Å². The third-order valence-electron chi connectivity index (χ3n) is 2.53. The van der Waals surface area contributed by atoms with Gasteiger partial charge in [-0.25, -0.2) is 9.78 Å². The molecule has 18 heavy (non-hydrogen) atoms. The lowest BCUT2D eigenvalue weighted by Gasteiger charge is -2.09. The molecule has 0 aliphatic carbocycles. The molecule has 1 aromatic carbocycles. The molecule has 0 aliphatic rings. The molecule has 1 aromatic heterocycles. The fraction of sp³-hybridized carbons (Fsp3) is 0.154. The first kappa shape index (κ1) is 11.9. The van der Waals surface area contributed by atoms with Gasteiger partial charge in [-0.05, 0) is 24.3 Å². The Balaban J connectivity index is 2.42. The number of methoxy groups -OCH3 is 1. The van der Waals surface area contributed by atoms with Crippen molar-refractivity contribution < 1.29 is 4.74 Å². The molecular weight excluding hydrogens is 230 g/mol. The zero-order valence-corrected chi connectivity index (χ0v) is 9.83. The summed E-state index contributed by atoms with van der Waals surface area (Å²) in [4.78, 5) is 15.2. The van der Waals surface area contributed by atoms with Crippen LogP contribution in [0.25, 0.3) is 0 Å². The number of aromatic nitrogens is 2. The summed E-state index contributed by atoms with van der Waals surface area (Å²) < 4.78 is 6.67. The summed E-state index contributed by atoms with van der Waals surface area (Å²) in [6, 6.07) is 8.84. The van der Waals surface area contributed by atoms with E-state index in [1.54, 1.807) is 37.6 Å². The maximum absolute atomic E-state index is 11.5. The van der Waals surface area contributed by atoms with Crippen molar-refractivity contribution in [1.82, 2.24) is 9.55 Å². The van der Waals surface area contributed by atoms with Crippen molar-refractivity contribution in [3.8, 4) is 11.8 Å². The number of nitriles is 1. The van der Waals surface area contributed by atoms with Crippen LogP contribution in [0.3, 0.4) is 0 Å². The van der Waals surface area contributed by atoms with Gasteiger partial charge in [-0.3, -0.25) is 4.57 Å².